The minimum absolute atomic E-state index is 0.0680. The lowest BCUT2D eigenvalue weighted by Gasteiger charge is -2.17. The lowest BCUT2D eigenvalue weighted by Crippen LogP contribution is -2.23. The molecule has 1 aromatic carbocycles. The van der Waals surface area contributed by atoms with Crippen LogP contribution in [-0.2, 0) is 0 Å². The normalized spacial score (nSPS) is 12.5. The highest BCUT2D eigenvalue weighted by atomic mass is 79.9. The van der Waals surface area contributed by atoms with Crippen molar-refractivity contribution in [3.63, 3.8) is 0 Å². The number of hydrogen-bond donors (Lipinski definition) is 3. The van der Waals surface area contributed by atoms with Gasteiger partial charge in [-0.2, -0.15) is 0 Å². The zero-order valence-electron chi connectivity index (χ0n) is 8.13. The SMILES string of the molecule is CCC(CO)Nc1ccc(Br)cc1N. The first-order valence-electron chi connectivity index (χ1n) is 4.59. The summed E-state index contributed by atoms with van der Waals surface area (Å²) in [7, 11) is 0. The molecule has 0 radical (unpaired) electrons. The van der Waals surface area contributed by atoms with Crippen LogP contribution < -0.4 is 11.1 Å². The van der Waals surface area contributed by atoms with E-state index in [1.54, 1.807) is 0 Å². The summed E-state index contributed by atoms with van der Waals surface area (Å²) >= 11 is 3.34. The maximum absolute atomic E-state index is 9.02. The van der Waals surface area contributed by atoms with Gasteiger partial charge in [-0.05, 0) is 24.6 Å². The highest BCUT2D eigenvalue weighted by Gasteiger charge is 2.06. The van der Waals surface area contributed by atoms with Crippen LogP contribution in [0.25, 0.3) is 0 Å². The molecule has 0 amide bonds. The van der Waals surface area contributed by atoms with Crippen LogP contribution in [0.1, 0.15) is 13.3 Å². The van der Waals surface area contributed by atoms with Crippen LogP contribution in [0.4, 0.5) is 11.4 Å². The van der Waals surface area contributed by atoms with E-state index in [9.17, 15) is 0 Å². The summed E-state index contributed by atoms with van der Waals surface area (Å²) in [5.41, 5.74) is 7.36. The lowest BCUT2D eigenvalue weighted by atomic mass is 10.2. The molecule has 0 saturated heterocycles. The summed E-state index contributed by atoms with van der Waals surface area (Å²) < 4.78 is 0.956. The van der Waals surface area contributed by atoms with Crippen LogP contribution in [0.3, 0.4) is 0 Å². The van der Waals surface area contributed by atoms with E-state index >= 15 is 0 Å². The average molecular weight is 259 g/mol. The summed E-state index contributed by atoms with van der Waals surface area (Å²) in [6.07, 6.45) is 0.867. The lowest BCUT2D eigenvalue weighted by molar-refractivity contribution is 0.272. The third-order valence-corrected chi connectivity index (χ3v) is 2.58. The van der Waals surface area contributed by atoms with Gasteiger partial charge in [-0.3, -0.25) is 0 Å². The van der Waals surface area contributed by atoms with Gasteiger partial charge in [0.1, 0.15) is 0 Å². The predicted octanol–water partition coefficient (Wildman–Crippen LogP) is 2.21. The van der Waals surface area contributed by atoms with Crippen molar-refractivity contribution in [2.45, 2.75) is 19.4 Å². The molecule has 0 spiro atoms. The first kappa shape index (κ1) is 11.3. The fraction of sp³-hybridized carbons (Fsp3) is 0.400. The van der Waals surface area contributed by atoms with Gasteiger partial charge >= 0.3 is 0 Å². The van der Waals surface area contributed by atoms with Crippen LogP contribution in [0.15, 0.2) is 22.7 Å². The van der Waals surface area contributed by atoms with Gasteiger partial charge in [-0.1, -0.05) is 22.9 Å². The molecular formula is C10H15BrN2O. The monoisotopic (exact) mass is 258 g/mol. The Labute approximate surface area is 92.4 Å². The van der Waals surface area contributed by atoms with Gasteiger partial charge in [-0.15, -0.1) is 0 Å². The first-order valence-corrected chi connectivity index (χ1v) is 5.39. The molecule has 1 atom stereocenters. The molecule has 1 rings (SSSR count). The van der Waals surface area contributed by atoms with Crippen LogP contribution in [0.2, 0.25) is 0 Å². The Bertz CT molecular complexity index is 300. The first-order chi connectivity index (χ1) is 6.67. The second-order valence-corrected chi connectivity index (χ2v) is 4.08. The highest BCUT2D eigenvalue weighted by Crippen LogP contribution is 2.23. The van der Waals surface area contributed by atoms with E-state index in [1.807, 2.05) is 25.1 Å². The highest BCUT2D eigenvalue weighted by molar-refractivity contribution is 9.10. The van der Waals surface area contributed by atoms with Gasteiger partial charge in [0, 0.05) is 10.5 Å². The van der Waals surface area contributed by atoms with E-state index in [-0.39, 0.29) is 12.6 Å². The number of nitrogens with two attached hydrogens (primary N) is 1. The fourth-order valence-electron chi connectivity index (χ4n) is 1.16. The fourth-order valence-corrected chi connectivity index (χ4v) is 1.54. The van der Waals surface area contributed by atoms with Crippen molar-refractivity contribution in [2.75, 3.05) is 17.7 Å². The number of aliphatic hydroxyl groups is 1. The molecule has 1 aromatic rings. The van der Waals surface area contributed by atoms with Crippen molar-refractivity contribution in [1.82, 2.24) is 0 Å². The molecule has 3 nitrogen and oxygen atoms in total. The number of benzene rings is 1. The second-order valence-electron chi connectivity index (χ2n) is 3.16. The third-order valence-electron chi connectivity index (χ3n) is 2.09. The predicted molar refractivity (Wildman–Crippen MR) is 63.3 cm³/mol. The molecule has 14 heavy (non-hydrogen) atoms. The Morgan fingerprint density at radius 2 is 2.29 bits per heavy atom. The van der Waals surface area contributed by atoms with E-state index in [0.717, 1.165) is 16.6 Å². The van der Waals surface area contributed by atoms with Gasteiger partial charge < -0.3 is 16.2 Å². The van der Waals surface area contributed by atoms with Crippen molar-refractivity contribution in [2.24, 2.45) is 0 Å². The number of hydrogen-bond acceptors (Lipinski definition) is 3. The zero-order chi connectivity index (χ0) is 10.6. The van der Waals surface area contributed by atoms with Crippen molar-refractivity contribution < 1.29 is 5.11 Å². The quantitative estimate of drug-likeness (QED) is 0.726. The van der Waals surface area contributed by atoms with E-state index in [0.29, 0.717) is 5.69 Å². The molecule has 1 unspecified atom stereocenters. The van der Waals surface area contributed by atoms with E-state index in [1.165, 1.54) is 0 Å². The van der Waals surface area contributed by atoms with Gasteiger partial charge in [0.05, 0.1) is 18.0 Å². The summed E-state index contributed by atoms with van der Waals surface area (Å²) in [4.78, 5) is 0. The van der Waals surface area contributed by atoms with Crippen LogP contribution in [0, 0.1) is 0 Å². The summed E-state index contributed by atoms with van der Waals surface area (Å²) in [5, 5.41) is 12.2. The maximum Gasteiger partial charge on any atom is 0.0632 e. The average Bonchev–Trinajstić information content (AvgIpc) is 2.17. The molecule has 4 N–H and O–H groups in total. The Hall–Kier alpha value is -0.740. The summed E-state index contributed by atoms with van der Waals surface area (Å²) in [6.45, 7) is 2.13. The van der Waals surface area contributed by atoms with Crippen molar-refractivity contribution in [3.8, 4) is 0 Å². The largest absolute Gasteiger partial charge is 0.397 e. The van der Waals surface area contributed by atoms with Gasteiger partial charge in [0.15, 0.2) is 0 Å². The van der Waals surface area contributed by atoms with Crippen molar-refractivity contribution in [3.05, 3.63) is 22.7 Å². The molecule has 0 aliphatic carbocycles. The minimum atomic E-state index is 0.0680. The van der Waals surface area contributed by atoms with Gasteiger partial charge in [0.25, 0.3) is 0 Å². The van der Waals surface area contributed by atoms with E-state index < -0.39 is 0 Å². The Balaban J connectivity index is 2.76. The standard InChI is InChI=1S/C10H15BrN2O/c1-2-8(6-14)13-10-4-3-7(11)5-9(10)12/h3-5,8,13-14H,2,6,12H2,1H3. The summed E-state index contributed by atoms with van der Waals surface area (Å²) in [6, 6.07) is 5.73. The number of nitrogens with one attached hydrogen (secondary N) is 1. The molecule has 0 aliphatic rings. The molecule has 0 saturated carbocycles. The van der Waals surface area contributed by atoms with Crippen LogP contribution >= 0.6 is 15.9 Å². The summed E-state index contributed by atoms with van der Waals surface area (Å²) in [5.74, 6) is 0. The number of rotatable bonds is 4. The number of nitrogen functional groups attached to an aromatic ring is 1. The Kier molecular flexibility index (Phi) is 4.22. The van der Waals surface area contributed by atoms with E-state index in [2.05, 4.69) is 21.2 Å². The molecule has 4 heteroatoms. The Morgan fingerprint density at radius 1 is 1.57 bits per heavy atom. The van der Waals surface area contributed by atoms with Crippen LogP contribution in [-0.4, -0.2) is 17.8 Å². The molecule has 0 aliphatic heterocycles. The molecule has 0 bridgehead atoms. The molecule has 0 aromatic heterocycles. The van der Waals surface area contributed by atoms with Crippen molar-refractivity contribution in [1.29, 1.82) is 0 Å². The van der Waals surface area contributed by atoms with Gasteiger partial charge in [-0.25, -0.2) is 0 Å². The minimum Gasteiger partial charge on any atom is -0.397 e. The number of aliphatic hydroxyl groups excluding tert-OH is 1. The third kappa shape index (κ3) is 2.89. The molecule has 78 valence electrons. The van der Waals surface area contributed by atoms with E-state index in [4.69, 9.17) is 10.8 Å². The molecule has 0 heterocycles. The van der Waals surface area contributed by atoms with Crippen LogP contribution in [0.5, 0.6) is 0 Å². The zero-order valence-corrected chi connectivity index (χ0v) is 9.71. The number of halogens is 1. The maximum atomic E-state index is 9.02. The Morgan fingerprint density at radius 3 is 2.79 bits per heavy atom. The molecule has 0 fully saturated rings. The smallest absolute Gasteiger partial charge is 0.0632 e. The number of anilines is 2. The molecular weight excluding hydrogens is 244 g/mol. The van der Waals surface area contributed by atoms with Gasteiger partial charge in [0.2, 0.25) is 0 Å². The second kappa shape index (κ2) is 5.22. The topological polar surface area (TPSA) is 58.3 Å². The van der Waals surface area contributed by atoms with Crippen molar-refractivity contribution >= 4 is 27.3 Å².